The molecule has 0 N–H and O–H groups in total. The second kappa shape index (κ2) is 5.62. The summed E-state index contributed by atoms with van der Waals surface area (Å²) in [6.07, 6.45) is 0. The maximum atomic E-state index is 12.9. The van der Waals surface area contributed by atoms with Crippen LogP contribution in [0.15, 0.2) is 26.7 Å². The summed E-state index contributed by atoms with van der Waals surface area (Å²) in [5.41, 5.74) is 2.08. The van der Waals surface area contributed by atoms with E-state index in [4.69, 9.17) is 9.15 Å². The van der Waals surface area contributed by atoms with Crippen LogP contribution in [0.2, 0.25) is 0 Å². The smallest absolute Gasteiger partial charge is 0.308 e. The molecule has 0 bridgehead atoms. The lowest BCUT2D eigenvalue weighted by Gasteiger charge is -2.09. The first-order valence-corrected chi connectivity index (χ1v) is 7.93. The molecule has 0 aliphatic heterocycles. The molecule has 6 heteroatoms. The van der Waals surface area contributed by atoms with Gasteiger partial charge in [0.05, 0.1) is 21.7 Å². The number of ether oxygens (including phenoxy) is 1. The van der Waals surface area contributed by atoms with Gasteiger partial charge in [-0.2, -0.15) is 0 Å². The molecule has 5 nitrogen and oxygen atoms in total. The van der Waals surface area contributed by atoms with Crippen molar-refractivity contribution in [3.8, 4) is 17.0 Å². The third kappa shape index (κ3) is 2.77. The number of hydrogen-bond acceptors (Lipinski definition) is 6. The van der Waals surface area contributed by atoms with Gasteiger partial charge in [-0.1, -0.05) is 0 Å². The van der Waals surface area contributed by atoms with Crippen LogP contribution in [0.25, 0.3) is 22.2 Å². The molecule has 2 aromatic heterocycles. The Morgan fingerprint density at radius 2 is 2.00 bits per heavy atom. The monoisotopic (exact) mass is 329 g/mol. The number of hydrogen-bond donors (Lipinski definition) is 0. The Balaban J connectivity index is 2.29. The molecule has 2 heterocycles. The number of aromatic nitrogens is 1. The number of carbonyl (C=O) groups is 1. The SMILES string of the molecule is CC(=O)Oc1cc(C)c2c(=O)c(-c3csc(C)n3)c(C)oc2c1. The van der Waals surface area contributed by atoms with Gasteiger partial charge in [0.25, 0.3) is 0 Å². The molecular formula is C17H15NO4S. The summed E-state index contributed by atoms with van der Waals surface area (Å²) in [7, 11) is 0. The molecule has 0 saturated heterocycles. The lowest BCUT2D eigenvalue weighted by molar-refractivity contribution is -0.131. The summed E-state index contributed by atoms with van der Waals surface area (Å²) in [6, 6.07) is 3.22. The van der Waals surface area contributed by atoms with Gasteiger partial charge < -0.3 is 9.15 Å². The summed E-state index contributed by atoms with van der Waals surface area (Å²) < 4.78 is 10.9. The number of esters is 1. The van der Waals surface area contributed by atoms with E-state index in [1.54, 1.807) is 26.0 Å². The van der Waals surface area contributed by atoms with Crippen molar-refractivity contribution in [3.63, 3.8) is 0 Å². The molecule has 0 aliphatic carbocycles. The van der Waals surface area contributed by atoms with Gasteiger partial charge in [-0.15, -0.1) is 11.3 Å². The minimum Gasteiger partial charge on any atom is -0.460 e. The largest absolute Gasteiger partial charge is 0.460 e. The van der Waals surface area contributed by atoms with Gasteiger partial charge >= 0.3 is 5.97 Å². The predicted molar refractivity (Wildman–Crippen MR) is 89.1 cm³/mol. The molecule has 0 spiro atoms. The van der Waals surface area contributed by atoms with Crippen LogP contribution in [0.5, 0.6) is 5.75 Å². The second-order valence-electron chi connectivity index (χ2n) is 5.32. The molecule has 3 aromatic rings. The minimum absolute atomic E-state index is 0.124. The Morgan fingerprint density at radius 1 is 1.26 bits per heavy atom. The van der Waals surface area contributed by atoms with Gasteiger partial charge in [0.1, 0.15) is 17.1 Å². The number of thiazole rings is 1. The van der Waals surface area contributed by atoms with Gasteiger partial charge in [-0.25, -0.2) is 4.98 Å². The maximum Gasteiger partial charge on any atom is 0.308 e. The Morgan fingerprint density at radius 3 is 2.61 bits per heavy atom. The van der Waals surface area contributed by atoms with E-state index in [9.17, 15) is 9.59 Å². The second-order valence-corrected chi connectivity index (χ2v) is 6.38. The Hall–Kier alpha value is -2.47. The molecule has 23 heavy (non-hydrogen) atoms. The van der Waals surface area contributed by atoms with E-state index in [1.807, 2.05) is 12.3 Å². The quantitative estimate of drug-likeness (QED) is 0.529. The first-order valence-electron chi connectivity index (χ1n) is 7.06. The van der Waals surface area contributed by atoms with Crippen LogP contribution in [-0.4, -0.2) is 11.0 Å². The molecule has 3 rings (SSSR count). The van der Waals surface area contributed by atoms with Crippen LogP contribution in [0.1, 0.15) is 23.3 Å². The summed E-state index contributed by atoms with van der Waals surface area (Å²) >= 11 is 1.49. The van der Waals surface area contributed by atoms with E-state index >= 15 is 0 Å². The number of nitrogens with zero attached hydrogens (tertiary/aromatic N) is 1. The van der Waals surface area contributed by atoms with Crippen LogP contribution in [0.3, 0.4) is 0 Å². The Kier molecular flexibility index (Phi) is 3.77. The number of rotatable bonds is 2. The number of carbonyl (C=O) groups excluding carboxylic acids is 1. The van der Waals surface area contributed by atoms with Crippen molar-refractivity contribution in [2.24, 2.45) is 0 Å². The van der Waals surface area contributed by atoms with Gasteiger partial charge in [0, 0.05) is 18.4 Å². The molecule has 1 aromatic carbocycles. The molecule has 0 aliphatic rings. The molecule has 0 amide bonds. The fourth-order valence-electron chi connectivity index (χ4n) is 2.60. The molecule has 118 valence electrons. The van der Waals surface area contributed by atoms with Crippen LogP contribution in [-0.2, 0) is 4.79 Å². The summed E-state index contributed by atoms with van der Waals surface area (Å²) in [6.45, 7) is 6.74. The third-order valence-corrected chi connectivity index (χ3v) is 4.25. The standard InChI is InChI=1S/C17H15NO4S/c1-8-5-12(22-11(4)19)6-14-15(8)17(20)16(9(2)21-14)13-7-23-10(3)18-13/h5-7H,1-4H3. The fraction of sp³-hybridized carbons (Fsp3) is 0.235. The zero-order chi connectivity index (χ0) is 16.7. The summed E-state index contributed by atoms with van der Waals surface area (Å²) in [5.74, 6) is 0.437. The average molecular weight is 329 g/mol. The zero-order valence-electron chi connectivity index (χ0n) is 13.2. The first-order chi connectivity index (χ1) is 10.9. The van der Waals surface area contributed by atoms with Gasteiger partial charge in [-0.3, -0.25) is 9.59 Å². The highest BCUT2D eigenvalue weighted by Crippen LogP contribution is 2.29. The highest BCUT2D eigenvalue weighted by Gasteiger charge is 2.18. The van der Waals surface area contributed by atoms with E-state index in [1.165, 1.54) is 18.3 Å². The van der Waals surface area contributed by atoms with Crippen molar-refractivity contribution >= 4 is 28.3 Å². The molecule has 0 atom stereocenters. The van der Waals surface area contributed by atoms with Crippen LogP contribution >= 0.6 is 11.3 Å². The maximum absolute atomic E-state index is 12.9. The van der Waals surface area contributed by atoms with Crippen molar-refractivity contribution in [2.45, 2.75) is 27.7 Å². The van der Waals surface area contributed by atoms with E-state index in [0.717, 1.165) is 5.01 Å². The summed E-state index contributed by atoms with van der Waals surface area (Å²) in [5, 5.41) is 3.22. The van der Waals surface area contributed by atoms with Crippen molar-refractivity contribution < 1.29 is 13.9 Å². The first kappa shape index (κ1) is 15.4. The average Bonchev–Trinajstić information content (AvgIpc) is 2.83. The predicted octanol–water partition coefficient (Wildman–Crippen LogP) is 3.77. The van der Waals surface area contributed by atoms with Crippen molar-refractivity contribution in [1.29, 1.82) is 0 Å². The lowest BCUT2D eigenvalue weighted by Crippen LogP contribution is -2.10. The molecule has 0 radical (unpaired) electrons. The molecule has 0 fully saturated rings. The molecule has 0 unspecified atom stereocenters. The molecule has 0 saturated carbocycles. The van der Waals surface area contributed by atoms with E-state index in [2.05, 4.69) is 4.98 Å². The molecular weight excluding hydrogens is 314 g/mol. The van der Waals surface area contributed by atoms with E-state index < -0.39 is 5.97 Å². The van der Waals surface area contributed by atoms with E-state index in [-0.39, 0.29) is 5.43 Å². The van der Waals surface area contributed by atoms with Crippen LogP contribution in [0.4, 0.5) is 0 Å². The van der Waals surface area contributed by atoms with Crippen molar-refractivity contribution in [2.75, 3.05) is 0 Å². The van der Waals surface area contributed by atoms with Gasteiger partial charge in [-0.05, 0) is 32.4 Å². The van der Waals surface area contributed by atoms with Gasteiger partial charge in [0.15, 0.2) is 0 Å². The number of fused-ring (bicyclic) bond motifs is 1. The van der Waals surface area contributed by atoms with Crippen LogP contribution < -0.4 is 10.2 Å². The van der Waals surface area contributed by atoms with E-state index in [0.29, 0.717) is 39.3 Å². The fourth-order valence-corrected chi connectivity index (χ4v) is 3.20. The highest BCUT2D eigenvalue weighted by molar-refractivity contribution is 7.09. The van der Waals surface area contributed by atoms with Crippen molar-refractivity contribution in [3.05, 3.63) is 44.1 Å². The third-order valence-electron chi connectivity index (χ3n) is 3.48. The Labute approximate surface area is 136 Å². The van der Waals surface area contributed by atoms with Crippen molar-refractivity contribution in [1.82, 2.24) is 4.98 Å². The zero-order valence-corrected chi connectivity index (χ0v) is 14.0. The number of benzene rings is 1. The summed E-state index contributed by atoms with van der Waals surface area (Å²) in [4.78, 5) is 28.4. The Bertz CT molecular complexity index is 984. The van der Waals surface area contributed by atoms with Crippen LogP contribution in [0, 0.1) is 20.8 Å². The number of aryl methyl sites for hydroxylation is 3. The normalized spacial score (nSPS) is 11.0. The highest BCUT2D eigenvalue weighted by atomic mass is 32.1. The topological polar surface area (TPSA) is 69.4 Å². The van der Waals surface area contributed by atoms with Gasteiger partial charge in [0.2, 0.25) is 5.43 Å². The lowest BCUT2D eigenvalue weighted by atomic mass is 10.0. The minimum atomic E-state index is -0.419.